The zero-order valence-corrected chi connectivity index (χ0v) is 33.2. The van der Waals surface area contributed by atoms with Gasteiger partial charge < -0.3 is 38.3 Å². The molecule has 0 spiro atoms. The van der Waals surface area contributed by atoms with Crippen molar-refractivity contribution in [3.63, 3.8) is 0 Å². The number of halogens is 5. The summed E-state index contributed by atoms with van der Waals surface area (Å²) in [4.78, 5) is 55.0. The first-order valence-electron chi connectivity index (χ1n) is 19.1. The minimum Gasteiger partial charge on any atom is -0.475 e. The maximum atomic E-state index is 14.3. The second-order valence-electron chi connectivity index (χ2n) is 14.5. The number of alkyl halides is 3. The fourth-order valence-corrected chi connectivity index (χ4v) is 7.53. The van der Waals surface area contributed by atoms with Crippen molar-refractivity contribution in [2.75, 3.05) is 6.54 Å². The molecule has 57 heavy (non-hydrogen) atoms. The van der Waals surface area contributed by atoms with Gasteiger partial charge in [-0.3, -0.25) is 24.8 Å². The number of rotatable bonds is 16. The van der Waals surface area contributed by atoms with Crippen LogP contribution in [0.25, 0.3) is 0 Å². The maximum Gasteiger partial charge on any atom is 0.490 e. The Hall–Kier alpha value is -4.57. The summed E-state index contributed by atoms with van der Waals surface area (Å²) in [5.74, 6) is -3.83. The van der Waals surface area contributed by atoms with E-state index in [9.17, 15) is 27.6 Å². The van der Waals surface area contributed by atoms with Crippen LogP contribution in [0.5, 0.6) is 0 Å². The molecule has 0 radical (unpaired) electrons. The number of hydrogen-bond acceptors (Lipinski definition) is 6. The van der Waals surface area contributed by atoms with Crippen LogP contribution in [0.2, 0.25) is 10.0 Å². The van der Waals surface area contributed by atoms with Gasteiger partial charge in [-0.05, 0) is 80.0 Å². The highest BCUT2D eigenvalue weighted by Gasteiger charge is 2.39. The van der Waals surface area contributed by atoms with Crippen LogP contribution in [-0.2, 0) is 32.1 Å². The third-order valence-corrected chi connectivity index (χ3v) is 11.0. The molecule has 2 aromatic rings. The minimum atomic E-state index is -5.08. The van der Waals surface area contributed by atoms with Gasteiger partial charge in [-0.25, -0.2) is 4.79 Å². The Kier molecular flexibility index (Phi) is 18.9. The summed E-state index contributed by atoms with van der Waals surface area (Å²) in [5.41, 5.74) is 19.1. The summed E-state index contributed by atoms with van der Waals surface area (Å²) in [5, 5.41) is 24.8. The first kappa shape index (κ1) is 46.8. The summed E-state index contributed by atoms with van der Waals surface area (Å²) in [6.07, 6.45) is 6.09. The van der Waals surface area contributed by atoms with E-state index in [-0.39, 0.29) is 53.8 Å². The van der Waals surface area contributed by atoms with Crippen molar-refractivity contribution in [3.05, 3.63) is 69.2 Å². The van der Waals surface area contributed by atoms with Crippen LogP contribution in [0, 0.1) is 23.2 Å². The highest BCUT2D eigenvalue weighted by Crippen LogP contribution is 2.34. The minimum absolute atomic E-state index is 0.00272. The molecule has 11 N–H and O–H groups in total. The van der Waals surface area contributed by atoms with Gasteiger partial charge >= 0.3 is 12.1 Å². The standard InChI is InChI=1S/C37H52Cl2N8O3.C2HF3O2/c38-29-18-15-24(21-30(29)39)22-45-35(49)31(12-7-19-44-37(42)43)46-36(50)32(26-10-5-2-6-11-26)47-34(48)28(25-8-3-1-4-9-25)20-23-13-16-27(17-14-23)33(40)41;3-2(4,5)1(6)7/h13-18,21,25-26,28,31-32H,1-12,19-20,22H2,(H3,40,41)(H,45,49)(H,46,50)(H,47,48)(H4,42,43,44);(H,6,7). The molecular formula is C39H53Cl2F3N8O5. The van der Waals surface area contributed by atoms with Crippen LogP contribution >= 0.6 is 23.2 Å². The third-order valence-electron chi connectivity index (χ3n) is 10.2. The van der Waals surface area contributed by atoms with Gasteiger partial charge in [0.1, 0.15) is 17.9 Å². The number of nitrogens with one attached hydrogen (secondary N) is 4. The van der Waals surface area contributed by atoms with Crippen molar-refractivity contribution in [2.45, 2.75) is 108 Å². The quantitative estimate of drug-likeness (QED) is 0.0603. The fraction of sp³-hybridized carbons (Fsp3) is 0.538. The number of aliphatic imine (C=N–C) groups is 1. The number of carbonyl (C=O) groups is 4. The second-order valence-corrected chi connectivity index (χ2v) is 15.3. The third kappa shape index (κ3) is 16.1. The molecule has 0 bridgehead atoms. The molecule has 2 saturated carbocycles. The number of carboxylic acids is 1. The van der Waals surface area contributed by atoms with E-state index in [1.807, 2.05) is 24.3 Å². The largest absolute Gasteiger partial charge is 0.490 e. The van der Waals surface area contributed by atoms with Gasteiger partial charge in [0.15, 0.2) is 5.96 Å². The molecule has 4 rings (SSSR count). The molecule has 0 aliphatic heterocycles. The lowest BCUT2D eigenvalue weighted by Crippen LogP contribution is -2.57. The molecule has 3 unspecified atom stereocenters. The summed E-state index contributed by atoms with van der Waals surface area (Å²) in [6.45, 7) is 0.489. The Bertz CT molecular complexity index is 1700. The highest BCUT2D eigenvalue weighted by molar-refractivity contribution is 6.42. The highest BCUT2D eigenvalue weighted by atomic mass is 35.5. The Balaban J connectivity index is 0.00000113. The Morgan fingerprint density at radius 3 is 1.89 bits per heavy atom. The first-order valence-corrected chi connectivity index (χ1v) is 19.8. The molecule has 0 saturated heterocycles. The number of nitrogens with two attached hydrogens (primary N) is 3. The zero-order valence-electron chi connectivity index (χ0n) is 31.7. The molecule has 2 fully saturated rings. The van der Waals surface area contributed by atoms with Gasteiger partial charge in [0.2, 0.25) is 17.7 Å². The number of carboxylic acid groups (broad SMARTS) is 1. The SMILES string of the molecule is N=C(N)c1ccc(CC(C(=O)NC(C(=O)NC(CCCN=C(N)N)C(=O)NCc2ccc(Cl)c(Cl)c2)C2CCCCC2)C2CCCCC2)cc1.O=C(O)C(F)(F)F. The van der Waals surface area contributed by atoms with E-state index >= 15 is 0 Å². The molecule has 314 valence electrons. The average molecular weight is 842 g/mol. The van der Waals surface area contributed by atoms with E-state index in [1.54, 1.807) is 18.2 Å². The predicted octanol–water partition coefficient (Wildman–Crippen LogP) is 5.57. The topological polar surface area (TPSA) is 239 Å². The van der Waals surface area contributed by atoms with Gasteiger partial charge in [-0.15, -0.1) is 0 Å². The number of nitrogen functional groups attached to an aromatic ring is 1. The van der Waals surface area contributed by atoms with E-state index in [2.05, 4.69) is 20.9 Å². The molecule has 2 aliphatic carbocycles. The Morgan fingerprint density at radius 2 is 1.37 bits per heavy atom. The van der Waals surface area contributed by atoms with Gasteiger partial charge in [0.05, 0.1) is 10.0 Å². The van der Waals surface area contributed by atoms with Crippen LogP contribution in [-0.4, -0.2) is 65.4 Å². The molecule has 0 heterocycles. The van der Waals surface area contributed by atoms with Crippen molar-refractivity contribution < 1.29 is 37.5 Å². The van der Waals surface area contributed by atoms with Crippen molar-refractivity contribution in [3.8, 4) is 0 Å². The summed E-state index contributed by atoms with van der Waals surface area (Å²) in [7, 11) is 0. The van der Waals surface area contributed by atoms with Crippen molar-refractivity contribution in [1.29, 1.82) is 5.41 Å². The van der Waals surface area contributed by atoms with E-state index < -0.39 is 24.2 Å². The number of guanidine groups is 1. The van der Waals surface area contributed by atoms with Crippen LogP contribution < -0.4 is 33.2 Å². The summed E-state index contributed by atoms with van der Waals surface area (Å²) in [6, 6.07) is 10.9. The molecule has 0 aromatic heterocycles. The van der Waals surface area contributed by atoms with E-state index in [1.165, 1.54) is 0 Å². The fourth-order valence-electron chi connectivity index (χ4n) is 7.21. The van der Waals surface area contributed by atoms with Crippen LogP contribution in [0.15, 0.2) is 47.5 Å². The summed E-state index contributed by atoms with van der Waals surface area (Å²) < 4.78 is 31.7. The van der Waals surface area contributed by atoms with E-state index in [0.29, 0.717) is 41.4 Å². The zero-order chi connectivity index (χ0) is 42.1. The second kappa shape index (κ2) is 23.0. The van der Waals surface area contributed by atoms with Gasteiger partial charge in [0.25, 0.3) is 0 Å². The Morgan fingerprint density at radius 1 is 0.807 bits per heavy atom. The lowest BCUT2D eigenvalue weighted by Gasteiger charge is -2.34. The molecule has 3 atom stereocenters. The number of hydrogen-bond donors (Lipinski definition) is 8. The monoisotopic (exact) mass is 840 g/mol. The Labute approximate surface area is 340 Å². The lowest BCUT2D eigenvalue weighted by molar-refractivity contribution is -0.192. The van der Waals surface area contributed by atoms with Crippen molar-refractivity contribution >= 4 is 58.7 Å². The molecule has 13 nitrogen and oxygen atoms in total. The predicted molar refractivity (Wildman–Crippen MR) is 214 cm³/mol. The smallest absolute Gasteiger partial charge is 0.475 e. The molecule has 2 aromatic carbocycles. The van der Waals surface area contributed by atoms with Gasteiger partial charge in [-0.2, -0.15) is 13.2 Å². The summed E-state index contributed by atoms with van der Waals surface area (Å²) >= 11 is 12.2. The van der Waals surface area contributed by atoms with E-state index in [4.69, 9.17) is 55.7 Å². The van der Waals surface area contributed by atoms with Crippen LogP contribution in [0.4, 0.5) is 13.2 Å². The molecule has 2 aliphatic rings. The van der Waals surface area contributed by atoms with Crippen molar-refractivity contribution in [2.24, 2.45) is 39.9 Å². The number of carbonyl (C=O) groups excluding carboxylic acids is 3. The van der Waals surface area contributed by atoms with Crippen LogP contribution in [0.1, 0.15) is 93.7 Å². The number of amidine groups is 1. The lowest BCUT2D eigenvalue weighted by atomic mass is 9.76. The van der Waals surface area contributed by atoms with Gasteiger partial charge in [-0.1, -0.05) is 92.1 Å². The van der Waals surface area contributed by atoms with E-state index in [0.717, 1.165) is 75.3 Å². The molecular weight excluding hydrogens is 788 g/mol. The first-order chi connectivity index (χ1) is 27.0. The molecule has 3 amide bonds. The van der Waals surface area contributed by atoms with Gasteiger partial charge in [0, 0.05) is 24.6 Å². The van der Waals surface area contributed by atoms with Crippen LogP contribution in [0.3, 0.4) is 0 Å². The van der Waals surface area contributed by atoms with Crippen molar-refractivity contribution in [1.82, 2.24) is 16.0 Å². The number of amides is 3. The number of nitrogens with zero attached hydrogens (tertiary/aromatic N) is 1. The molecule has 18 heteroatoms. The number of benzene rings is 2. The number of aliphatic carboxylic acids is 1. The normalized spacial score (nSPS) is 16.4. The average Bonchev–Trinajstić information content (AvgIpc) is 3.18. The maximum absolute atomic E-state index is 14.3.